The van der Waals surface area contributed by atoms with Crippen LogP contribution >= 0.6 is 0 Å². The zero-order valence-electron chi connectivity index (χ0n) is 29.5. The highest BCUT2D eigenvalue weighted by atomic mass is 16.6. The number of ether oxygens (including phenoxy) is 3. The van der Waals surface area contributed by atoms with Gasteiger partial charge >= 0.3 is 18.0 Å². The molecule has 13 heteroatoms. The van der Waals surface area contributed by atoms with Crippen LogP contribution in [0.4, 0.5) is 4.79 Å². The molecule has 6 rings (SSSR count). The second-order valence-electron chi connectivity index (χ2n) is 15.2. The summed E-state index contributed by atoms with van der Waals surface area (Å²) in [5, 5.41) is 21.6. The molecule has 3 saturated heterocycles. The van der Waals surface area contributed by atoms with Crippen molar-refractivity contribution >= 4 is 23.9 Å². The molecule has 2 N–H and O–H groups in total. The van der Waals surface area contributed by atoms with Crippen molar-refractivity contribution < 1.29 is 43.6 Å². The van der Waals surface area contributed by atoms with E-state index in [1.165, 1.54) is 24.0 Å². The third kappa shape index (κ3) is 8.11. The molecule has 2 aliphatic carbocycles. The number of aliphatic hydroxyl groups excluding tert-OH is 2. The first-order valence-corrected chi connectivity index (χ1v) is 18.3. The number of amides is 2. The van der Waals surface area contributed by atoms with Gasteiger partial charge in [-0.3, -0.25) is 9.59 Å². The maximum atomic E-state index is 13.9. The summed E-state index contributed by atoms with van der Waals surface area (Å²) < 4.78 is 16.3. The average molecular weight is 699 g/mol. The van der Waals surface area contributed by atoms with Gasteiger partial charge < -0.3 is 44.0 Å². The van der Waals surface area contributed by atoms with Crippen LogP contribution in [0.1, 0.15) is 63.4 Å². The van der Waals surface area contributed by atoms with Crippen LogP contribution in [0.5, 0.6) is 0 Å². The molecule has 1 aromatic carbocycles. The van der Waals surface area contributed by atoms with Gasteiger partial charge in [0.05, 0.1) is 38.4 Å². The molecule has 2 amide bonds. The fraction of sp³-hybridized carbons (Fsp3) is 0.730. The highest BCUT2D eigenvalue weighted by molar-refractivity contribution is 5.86. The molecule has 3 aliphatic heterocycles. The predicted octanol–water partition coefficient (Wildman–Crippen LogP) is 2.03. The molecule has 0 bridgehead atoms. The number of likely N-dealkylation sites (tertiary alicyclic amines) is 2. The standard InChI is InChI=1S/C37H54N4O9/c1-48-33(45)27(8-17-38-20-15-36(11-12-36)30(42)23-38)29-22-41(32(44)10-19-40(29)35(47)50-25-26-6-4-3-5-7-26)28(34(46)49-2)9-18-39-21-16-37(13-14-37)31(43)24-39/h3-7,27-31,42-43H,8-25H2,1-2H3/t27-,28-,29?,30+,31+/m0/s1. The summed E-state index contributed by atoms with van der Waals surface area (Å²) in [7, 11) is 2.60. The SMILES string of the molecule is COC(=O)[C@@H](CCN1CCC2(CC2)[C@H](O)C1)C1CN([C@@H](CCN2CCC3(CC3)[C@H](O)C2)C(=O)OC)C(=O)CCN1C(=O)OCc1ccccc1. The molecule has 2 spiro atoms. The molecular weight excluding hydrogens is 644 g/mol. The zero-order valence-corrected chi connectivity index (χ0v) is 29.5. The Morgan fingerprint density at radius 2 is 1.38 bits per heavy atom. The van der Waals surface area contributed by atoms with Crippen LogP contribution in [-0.4, -0.2) is 145 Å². The van der Waals surface area contributed by atoms with Gasteiger partial charge in [0.1, 0.15) is 12.6 Å². The lowest BCUT2D eigenvalue weighted by Gasteiger charge is -2.40. The Morgan fingerprint density at radius 1 is 0.800 bits per heavy atom. The van der Waals surface area contributed by atoms with E-state index in [1.54, 1.807) is 0 Å². The number of esters is 2. The number of benzene rings is 1. The van der Waals surface area contributed by atoms with Gasteiger partial charge in [0.2, 0.25) is 5.91 Å². The molecule has 5 fully saturated rings. The first kappa shape index (κ1) is 36.5. The molecule has 2 saturated carbocycles. The molecule has 1 aromatic rings. The van der Waals surface area contributed by atoms with E-state index < -0.39 is 48.2 Å². The summed E-state index contributed by atoms with van der Waals surface area (Å²) in [4.78, 5) is 61.9. The summed E-state index contributed by atoms with van der Waals surface area (Å²) >= 11 is 0. The lowest BCUT2D eigenvalue weighted by Crippen LogP contribution is -2.55. The molecule has 0 radical (unpaired) electrons. The average Bonchev–Trinajstić information content (AvgIpc) is 4.06. The van der Waals surface area contributed by atoms with Gasteiger partial charge in [0.15, 0.2) is 0 Å². The first-order chi connectivity index (χ1) is 24.1. The lowest BCUT2D eigenvalue weighted by atomic mass is 9.89. The van der Waals surface area contributed by atoms with Crippen molar-refractivity contribution in [2.45, 2.75) is 88.7 Å². The minimum atomic E-state index is -0.950. The molecule has 5 atom stereocenters. The van der Waals surface area contributed by atoms with Crippen molar-refractivity contribution in [1.29, 1.82) is 0 Å². The topological polar surface area (TPSA) is 149 Å². The normalized spacial score (nSPS) is 27.4. The van der Waals surface area contributed by atoms with Gasteiger partial charge in [-0.2, -0.15) is 0 Å². The molecule has 3 heterocycles. The van der Waals surface area contributed by atoms with Crippen molar-refractivity contribution in [3.8, 4) is 0 Å². The van der Waals surface area contributed by atoms with Gasteiger partial charge in [0, 0.05) is 39.1 Å². The van der Waals surface area contributed by atoms with Crippen molar-refractivity contribution in [3.05, 3.63) is 35.9 Å². The third-order valence-electron chi connectivity index (χ3n) is 12.3. The lowest BCUT2D eigenvalue weighted by molar-refractivity contribution is -0.154. The molecule has 5 aliphatic rings. The highest BCUT2D eigenvalue weighted by Crippen LogP contribution is 2.54. The number of rotatable bonds is 12. The smallest absolute Gasteiger partial charge is 0.410 e. The maximum Gasteiger partial charge on any atom is 0.410 e. The van der Waals surface area contributed by atoms with E-state index in [2.05, 4.69) is 9.80 Å². The molecule has 0 aromatic heterocycles. The van der Waals surface area contributed by atoms with Crippen LogP contribution in [0.2, 0.25) is 0 Å². The Labute approximate surface area is 294 Å². The molecular formula is C37H54N4O9. The van der Waals surface area contributed by atoms with Crippen molar-refractivity contribution in [2.75, 3.05) is 66.6 Å². The summed E-state index contributed by atoms with van der Waals surface area (Å²) in [6.45, 7) is 3.54. The molecule has 13 nitrogen and oxygen atoms in total. The minimum Gasteiger partial charge on any atom is -0.469 e. The Kier molecular flexibility index (Phi) is 11.4. The van der Waals surface area contributed by atoms with Crippen LogP contribution in [0.25, 0.3) is 0 Å². The van der Waals surface area contributed by atoms with Gasteiger partial charge in [-0.15, -0.1) is 0 Å². The number of hydrogen-bond donors (Lipinski definition) is 2. The summed E-state index contributed by atoms with van der Waals surface area (Å²) in [5.74, 6) is -2.25. The largest absolute Gasteiger partial charge is 0.469 e. The molecule has 1 unspecified atom stereocenters. The van der Waals surface area contributed by atoms with E-state index in [1.807, 2.05) is 30.3 Å². The predicted molar refractivity (Wildman–Crippen MR) is 181 cm³/mol. The minimum absolute atomic E-state index is 0.000355. The first-order valence-electron chi connectivity index (χ1n) is 18.3. The van der Waals surface area contributed by atoms with E-state index >= 15 is 0 Å². The number of hydrogen-bond acceptors (Lipinski definition) is 11. The van der Waals surface area contributed by atoms with Crippen molar-refractivity contribution in [1.82, 2.24) is 19.6 Å². The Balaban J connectivity index is 1.22. The van der Waals surface area contributed by atoms with E-state index in [0.717, 1.165) is 57.2 Å². The van der Waals surface area contributed by atoms with Crippen molar-refractivity contribution in [2.24, 2.45) is 16.7 Å². The van der Waals surface area contributed by atoms with Crippen LogP contribution in [-0.2, 0) is 35.2 Å². The van der Waals surface area contributed by atoms with Gasteiger partial charge in [-0.05, 0) is 87.4 Å². The summed E-state index contributed by atoms with van der Waals surface area (Å²) in [5.41, 5.74) is 0.876. The number of methoxy groups -OCH3 is 2. The number of β-amino-alcohol motifs (C(OH)–C–C–N with tert-alkyl or cyclic N) is 2. The van der Waals surface area contributed by atoms with Crippen LogP contribution in [0.15, 0.2) is 30.3 Å². The maximum absolute atomic E-state index is 13.9. The van der Waals surface area contributed by atoms with E-state index in [-0.39, 0.29) is 49.3 Å². The summed E-state index contributed by atoms with van der Waals surface area (Å²) in [6.07, 6.45) is 5.01. The Morgan fingerprint density at radius 3 is 1.92 bits per heavy atom. The quantitative estimate of drug-likeness (QED) is 0.244. The van der Waals surface area contributed by atoms with E-state index in [9.17, 15) is 29.4 Å². The number of carbonyl (C=O) groups is 4. The molecule has 276 valence electrons. The zero-order chi connectivity index (χ0) is 35.5. The monoisotopic (exact) mass is 698 g/mol. The van der Waals surface area contributed by atoms with Gasteiger partial charge in [-0.1, -0.05) is 30.3 Å². The Bertz CT molecular complexity index is 1370. The van der Waals surface area contributed by atoms with Crippen LogP contribution < -0.4 is 0 Å². The number of carbonyl (C=O) groups excluding carboxylic acids is 4. The van der Waals surface area contributed by atoms with E-state index in [0.29, 0.717) is 32.6 Å². The van der Waals surface area contributed by atoms with Gasteiger partial charge in [0.25, 0.3) is 0 Å². The van der Waals surface area contributed by atoms with Crippen LogP contribution in [0.3, 0.4) is 0 Å². The number of nitrogens with zero attached hydrogens (tertiary/aromatic N) is 4. The van der Waals surface area contributed by atoms with Gasteiger partial charge in [-0.25, -0.2) is 9.59 Å². The molecule has 50 heavy (non-hydrogen) atoms. The highest BCUT2D eigenvalue weighted by Gasteiger charge is 2.52. The van der Waals surface area contributed by atoms with Crippen molar-refractivity contribution in [3.63, 3.8) is 0 Å². The second kappa shape index (κ2) is 15.5. The second-order valence-corrected chi connectivity index (χ2v) is 15.2. The third-order valence-corrected chi connectivity index (χ3v) is 12.3. The number of piperidine rings is 2. The Hall–Kier alpha value is -3.26. The fourth-order valence-electron chi connectivity index (χ4n) is 8.43. The number of aliphatic hydroxyl groups is 2. The fourth-order valence-corrected chi connectivity index (χ4v) is 8.43. The summed E-state index contributed by atoms with van der Waals surface area (Å²) in [6, 6.07) is 7.48. The van der Waals surface area contributed by atoms with E-state index in [4.69, 9.17) is 14.2 Å². The van der Waals surface area contributed by atoms with Crippen LogP contribution in [0, 0.1) is 16.7 Å².